The molecule has 2 aromatic rings. The number of nitrogens with zero attached hydrogens (tertiary/aromatic N) is 1. The number of carbonyl (C=O) groups excluding carboxylic acids is 1. The fourth-order valence-corrected chi connectivity index (χ4v) is 2.63. The average molecular weight is 274 g/mol. The summed E-state index contributed by atoms with van der Waals surface area (Å²) in [5.41, 5.74) is 8.34. The van der Waals surface area contributed by atoms with Gasteiger partial charge in [-0.2, -0.15) is 11.3 Å². The second-order valence-corrected chi connectivity index (χ2v) is 5.26. The van der Waals surface area contributed by atoms with Gasteiger partial charge in [-0.15, -0.1) is 0 Å². The van der Waals surface area contributed by atoms with Crippen LogP contribution in [-0.2, 0) is 6.54 Å². The second-order valence-electron chi connectivity index (χ2n) is 4.48. The summed E-state index contributed by atoms with van der Waals surface area (Å²) in [5.74, 6) is 0.0884. The van der Waals surface area contributed by atoms with Gasteiger partial charge >= 0.3 is 0 Å². The van der Waals surface area contributed by atoms with E-state index in [0.717, 1.165) is 29.8 Å². The van der Waals surface area contributed by atoms with Crippen molar-refractivity contribution in [3.05, 3.63) is 52.2 Å². The lowest BCUT2D eigenvalue weighted by Crippen LogP contribution is -2.31. The van der Waals surface area contributed by atoms with E-state index in [1.54, 1.807) is 11.3 Å². The standard InChI is InChI=1S/C15H18N2OS/c1-2-7-17(15(18)13-6-8-19-11-13)10-12-4-3-5-14(16)9-12/h3-6,8-9,11H,2,7,10,16H2,1H3. The molecule has 0 radical (unpaired) electrons. The molecule has 0 fully saturated rings. The van der Waals surface area contributed by atoms with E-state index >= 15 is 0 Å². The van der Waals surface area contributed by atoms with Crippen molar-refractivity contribution in [2.75, 3.05) is 12.3 Å². The lowest BCUT2D eigenvalue weighted by molar-refractivity contribution is 0.0744. The number of benzene rings is 1. The molecule has 4 heteroatoms. The molecule has 0 aliphatic carbocycles. The van der Waals surface area contributed by atoms with Gasteiger partial charge in [-0.1, -0.05) is 19.1 Å². The molecule has 2 rings (SSSR count). The molecule has 0 spiro atoms. The Balaban J connectivity index is 2.14. The highest BCUT2D eigenvalue weighted by atomic mass is 32.1. The zero-order chi connectivity index (χ0) is 13.7. The average Bonchev–Trinajstić information content (AvgIpc) is 2.91. The minimum atomic E-state index is 0.0884. The Bertz CT molecular complexity index is 537. The maximum atomic E-state index is 12.4. The molecule has 0 atom stereocenters. The van der Waals surface area contributed by atoms with E-state index in [2.05, 4.69) is 6.92 Å². The summed E-state index contributed by atoms with van der Waals surface area (Å²) in [6.07, 6.45) is 0.943. The van der Waals surface area contributed by atoms with Crippen LogP contribution in [0.4, 0.5) is 5.69 Å². The monoisotopic (exact) mass is 274 g/mol. The predicted molar refractivity (Wildman–Crippen MR) is 80.2 cm³/mol. The topological polar surface area (TPSA) is 46.3 Å². The minimum Gasteiger partial charge on any atom is -0.399 e. The van der Waals surface area contributed by atoms with E-state index in [0.29, 0.717) is 6.54 Å². The van der Waals surface area contributed by atoms with Crippen LogP contribution in [0.15, 0.2) is 41.1 Å². The van der Waals surface area contributed by atoms with Crippen LogP contribution in [0.2, 0.25) is 0 Å². The molecule has 1 aromatic carbocycles. The zero-order valence-electron chi connectivity index (χ0n) is 11.0. The quantitative estimate of drug-likeness (QED) is 0.850. The Morgan fingerprint density at radius 3 is 2.84 bits per heavy atom. The summed E-state index contributed by atoms with van der Waals surface area (Å²) in [7, 11) is 0. The number of anilines is 1. The molecule has 0 bridgehead atoms. The lowest BCUT2D eigenvalue weighted by Gasteiger charge is -2.22. The number of nitrogens with two attached hydrogens (primary N) is 1. The number of thiophene rings is 1. The molecule has 1 amide bonds. The van der Waals surface area contributed by atoms with Gasteiger partial charge in [0.05, 0.1) is 5.56 Å². The van der Waals surface area contributed by atoms with Crippen molar-refractivity contribution in [1.29, 1.82) is 0 Å². The molecule has 1 aromatic heterocycles. The number of hydrogen-bond donors (Lipinski definition) is 1. The fraction of sp³-hybridized carbons (Fsp3) is 0.267. The van der Waals surface area contributed by atoms with Crippen LogP contribution in [0.1, 0.15) is 29.3 Å². The Morgan fingerprint density at radius 1 is 1.37 bits per heavy atom. The van der Waals surface area contributed by atoms with Crippen molar-refractivity contribution in [3.63, 3.8) is 0 Å². The van der Waals surface area contributed by atoms with Crippen LogP contribution in [0.5, 0.6) is 0 Å². The second kappa shape index (κ2) is 6.38. The first-order valence-corrected chi connectivity index (χ1v) is 7.31. The van der Waals surface area contributed by atoms with Gasteiger partial charge in [0.15, 0.2) is 0 Å². The highest BCUT2D eigenvalue weighted by Crippen LogP contribution is 2.14. The van der Waals surface area contributed by atoms with Crippen molar-refractivity contribution >= 4 is 22.9 Å². The highest BCUT2D eigenvalue weighted by Gasteiger charge is 2.15. The molecule has 0 saturated heterocycles. The number of nitrogen functional groups attached to an aromatic ring is 1. The van der Waals surface area contributed by atoms with Gasteiger partial charge in [0.1, 0.15) is 0 Å². The fourth-order valence-electron chi connectivity index (χ4n) is 2.00. The Hall–Kier alpha value is -1.81. The molecule has 100 valence electrons. The van der Waals surface area contributed by atoms with E-state index in [-0.39, 0.29) is 5.91 Å². The summed E-state index contributed by atoms with van der Waals surface area (Å²) in [6.45, 7) is 3.43. The maximum Gasteiger partial charge on any atom is 0.254 e. The van der Waals surface area contributed by atoms with E-state index < -0.39 is 0 Å². The predicted octanol–water partition coefficient (Wildman–Crippen LogP) is 3.38. The smallest absolute Gasteiger partial charge is 0.254 e. The van der Waals surface area contributed by atoms with Crippen molar-refractivity contribution in [2.45, 2.75) is 19.9 Å². The van der Waals surface area contributed by atoms with Crippen LogP contribution >= 0.6 is 11.3 Å². The Kier molecular flexibility index (Phi) is 4.58. The zero-order valence-corrected chi connectivity index (χ0v) is 11.8. The number of carbonyl (C=O) groups is 1. The summed E-state index contributed by atoms with van der Waals surface area (Å²) >= 11 is 1.54. The Morgan fingerprint density at radius 2 is 2.21 bits per heavy atom. The van der Waals surface area contributed by atoms with Crippen LogP contribution in [0, 0.1) is 0 Å². The highest BCUT2D eigenvalue weighted by molar-refractivity contribution is 7.08. The van der Waals surface area contributed by atoms with Crippen molar-refractivity contribution in [1.82, 2.24) is 4.90 Å². The molecular formula is C15H18N2OS. The SMILES string of the molecule is CCCN(Cc1cccc(N)c1)C(=O)c1ccsc1. The van der Waals surface area contributed by atoms with E-state index in [1.165, 1.54) is 0 Å². The first-order chi connectivity index (χ1) is 9.20. The Labute approximate surface area is 117 Å². The van der Waals surface area contributed by atoms with Gasteiger partial charge in [-0.3, -0.25) is 4.79 Å². The first-order valence-electron chi connectivity index (χ1n) is 6.36. The summed E-state index contributed by atoms with van der Waals surface area (Å²) in [6, 6.07) is 9.57. The van der Waals surface area contributed by atoms with Gasteiger partial charge in [0.25, 0.3) is 5.91 Å². The van der Waals surface area contributed by atoms with Crippen LogP contribution in [0.3, 0.4) is 0 Å². The van der Waals surface area contributed by atoms with E-state index in [9.17, 15) is 4.79 Å². The van der Waals surface area contributed by atoms with Gasteiger partial charge in [-0.05, 0) is 35.6 Å². The summed E-state index contributed by atoms with van der Waals surface area (Å²) < 4.78 is 0. The van der Waals surface area contributed by atoms with Crippen molar-refractivity contribution in [3.8, 4) is 0 Å². The maximum absolute atomic E-state index is 12.4. The number of rotatable bonds is 5. The molecule has 0 aliphatic rings. The molecule has 19 heavy (non-hydrogen) atoms. The molecule has 0 saturated carbocycles. The third-order valence-electron chi connectivity index (χ3n) is 2.87. The third kappa shape index (κ3) is 3.58. The lowest BCUT2D eigenvalue weighted by atomic mass is 10.1. The summed E-state index contributed by atoms with van der Waals surface area (Å²) in [4.78, 5) is 14.3. The number of hydrogen-bond acceptors (Lipinski definition) is 3. The summed E-state index contributed by atoms with van der Waals surface area (Å²) in [5, 5.41) is 3.82. The van der Waals surface area contributed by atoms with Gasteiger partial charge < -0.3 is 10.6 Å². The van der Waals surface area contributed by atoms with Crippen molar-refractivity contribution in [2.24, 2.45) is 0 Å². The normalized spacial score (nSPS) is 10.4. The molecule has 3 nitrogen and oxygen atoms in total. The third-order valence-corrected chi connectivity index (χ3v) is 3.56. The molecule has 0 unspecified atom stereocenters. The van der Waals surface area contributed by atoms with Crippen LogP contribution in [0.25, 0.3) is 0 Å². The largest absolute Gasteiger partial charge is 0.399 e. The first kappa shape index (κ1) is 13.6. The van der Waals surface area contributed by atoms with Gasteiger partial charge in [0.2, 0.25) is 0 Å². The van der Waals surface area contributed by atoms with Crippen molar-refractivity contribution < 1.29 is 4.79 Å². The minimum absolute atomic E-state index is 0.0884. The molecule has 2 N–H and O–H groups in total. The number of amides is 1. The van der Waals surface area contributed by atoms with E-state index in [4.69, 9.17) is 5.73 Å². The molecule has 1 heterocycles. The molecular weight excluding hydrogens is 256 g/mol. The van der Waals surface area contributed by atoms with Gasteiger partial charge in [-0.25, -0.2) is 0 Å². The van der Waals surface area contributed by atoms with E-state index in [1.807, 2.05) is 46.0 Å². The van der Waals surface area contributed by atoms with Gasteiger partial charge in [0, 0.05) is 24.2 Å². The molecule has 0 aliphatic heterocycles. The van der Waals surface area contributed by atoms with Crippen LogP contribution in [-0.4, -0.2) is 17.4 Å². The van der Waals surface area contributed by atoms with Crippen LogP contribution < -0.4 is 5.73 Å².